The smallest absolute Gasteiger partial charge is 0.188 e. The van der Waals surface area contributed by atoms with E-state index in [0.29, 0.717) is 12.6 Å². The van der Waals surface area contributed by atoms with Gasteiger partial charge in [-0.1, -0.05) is 20.3 Å². The first kappa shape index (κ1) is 12.1. The van der Waals surface area contributed by atoms with Crippen molar-refractivity contribution in [2.45, 2.75) is 46.2 Å². The van der Waals surface area contributed by atoms with Gasteiger partial charge in [0.25, 0.3) is 0 Å². The monoisotopic (exact) mass is 211 g/mol. The van der Waals surface area contributed by atoms with E-state index in [-0.39, 0.29) is 0 Å². The van der Waals surface area contributed by atoms with Gasteiger partial charge in [-0.3, -0.25) is 0 Å². The molecular weight excluding hydrogens is 190 g/mol. The van der Waals surface area contributed by atoms with Crippen molar-refractivity contribution in [2.75, 3.05) is 0 Å². The zero-order valence-electron chi connectivity index (χ0n) is 10.1. The summed E-state index contributed by atoms with van der Waals surface area (Å²) in [5, 5.41) is 15.2. The van der Waals surface area contributed by atoms with E-state index in [0.717, 1.165) is 11.7 Å². The summed E-state index contributed by atoms with van der Waals surface area (Å²) in [6, 6.07) is 0.503. The highest BCUT2D eigenvalue weighted by molar-refractivity contribution is 4.77. The van der Waals surface area contributed by atoms with Crippen LogP contribution in [0.2, 0.25) is 0 Å². The van der Waals surface area contributed by atoms with Crippen LogP contribution in [0.3, 0.4) is 0 Å². The number of nitrogens with one attached hydrogen (secondary N) is 1. The Morgan fingerprint density at radius 1 is 1.40 bits per heavy atom. The third kappa shape index (κ3) is 4.38. The van der Waals surface area contributed by atoms with Crippen molar-refractivity contribution in [3.05, 3.63) is 5.82 Å². The molecule has 1 aromatic heterocycles. The Hall–Kier alpha value is -0.970. The first-order valence-corrected chi connectivity index (χ1v) is 5.58. The van der Waals surface area contributed by atoms with Crippen LogP contribution in [0.1, 0.15) is 39.4 Å². The van der Waals surface area contributed by atoms with Crippen molar-refractivity contribution in [3.63, 3.8) is 0 Å². The number of rotatable bonds is 6. The average Bonchev–Trinajstić information content (AvgIpc) is 2.61. The molecule has 1 aromatic rings. The molecule has 0 fully saturated rings. The van der Waals surface area contributed by atoms with Gasteiger partial charge in [-0.15, -0.1) is 10.2 Å². The summed E-state index contributed by atoms with van der Waals surface area (Å²) < 4.78 is 0. The fourth-order valence-electron chi connectivity index (χ4n) is 1.51. The molecule has 1 N–H and O–H groups in total. The highest BCUT2D eigenvalue weighted by atomic mass is 15.6. The zero-order chi connectivity index (χ0) is 11.3. The molecule has 5 nitrogen and oxygen atoms in total. The van der Waals surface area contributed by atoms with Crippen molar-refractivity contribution in [1.29, 1.82) is 0 Å². The zero-order valence-corrected chi connectivity index (χ0v) is 10.1. The van der Waals surface area contributed by atoms with Crippen LogP contribution in [0.5, 0.6) is 0 Å². The lowest BCUT2D eigenvalue weighted by Crippen LogP contribution is -2.27. The molecule has 5 heteroatoms. The van der Waals surface area contributed by atoms with Crippen molar-refractivity contribution < 1.29 is 0 Å². The fraction of sp³-hybridized carbons (Fsp3) is 0.900. The molecule has 0 spiro atoms. The Morgan fingerprint density at radius 3 is 2.67 bits per heavy atom. The van der Waals surface area contributed by atoms with Gasteiger partial charge in [0, 0.05) is 6.04 Å². The van der Waals surface area contributed by atoms with Crippen LogP contribution < -0.4 is 5.32 Å². The van der Waals surface area contributed by atoms with Crippen LogP contribution in [0.15, 0.2) is 0 Å². The van der Waals surface area contributed by atoms with Gasteiger partial charge in [-0.25, -0.2) is 0 Å². The molecule has 0 bridgehead atoms. The number of aryl methyl sites for hydroxylation is 1. The minimum atomic E-state index is 0.503. The van der Waals surface area contributed by atoms with Gasteiger partial charge in [-0.2, -0.15) is 4.80 Å². The summed E-state index contributed by atoms with van der Waals surface area (Å²) >= 11 is 0. The predicted octanol–water partition coefficient (Wildman–Crippen LogP) is 1.12. The predicted molar refractivity (Wildman–Crippen MR) is 59.2 cm³/mol. The molecule has 0 aromatic carbocycles. The van der Waals surface area contributed by atoms with E-state index in [1.54, 1.807) is 7.05 Å². The second-order valence-electron chi connectivity index (χ2n) is 4.23. The SMILES string of the molecule is CCC(C)CC(C)NCc1nnn(C)n1. The third-order valence-electron chi connectivity index (χ3n) is 2.61. The Kier molecular flexibility index (Phi) is 4.68. The lowest BCUT2D eigenvalue weighted by atomic mass is 10.0. The second-order valence-corrected chi connectivity index (χ2v) is 4.23. The summed E-state index contributed by atoms with van der Waals surface area (Å²) in [5.74, 6) is 1.52. The molecule has 0 aliphatic heterocycles. The van der Waals surface area contributed by atoms with E-state index in [1.807, 2.05) is 0 Å². The molecule has 0 aliphatic rings. The van der Waals surface area contributed by atoms with Crippen molar-refractivity contribution >= 4 is 0 Å². The van der Waals surface area contributed by atoms with Crippen LogP contribution in [-0.4, -0.2) is 26.2 Å². The molecule has 2 atom stereocenters. The van der Waals surface area contributed by atoms with Gasteiger partial charge in [0.2, 0.25) is 0 Å². The van der Waals surface area contributed by atoms with Gasteiger partial charge in [0.1, 0.15) is 0 Å². The van der Waals surface area contributed by atoms with E-state index in [4.69, 9.17) is 0 Å². The molecule has 0 saturated heterocycles. The third-order valence-corrected chi connectivity index (χ3v) is 2.61. The van der Waals surface area contributed by atoms with Gasteiger partial charge in [-0.05, 0) is 24.5 Å². The van der Waals surface area contributed by atoms with E-state index in [2.05, 4.69) is 41.5 Å². The molecule has 0 amide bonds. The highest BCUT2D eigenvalue weighted by Crippen LogP contribution is 2.09. The minimum absolute atomic E-state index is 0.503. The van der Waals surface area contributed by atoms with Gasteiger partial charge in [0.15, 0.2) is 5.82 Å². The molecular formula is C10H21N5. The Morgan fingerprint density at radius 2 is 2.13 bits per heavy atom. The summed E-state index contributed by atoms with van der Waals surface area (Å²) in [4.78, 5) is 1.48. The lowest BCUT2D eigenvalue weighted by Gasteiger charge is -2.16. The van der Waals surface area contributed by atoms with Gasteiger partial charge < -0.3 is 5.32 Å². The normalized spacial score (nSPS) is 15.2. The number of hydrogen-bond donors (Lipinski definition) is 1. The van der Waals surface area contributed by atoms with E-state index < -0.39 is 0 Å². The largest absolute Gasteiger partial charge is 0.307 e. The maximum atomic E-state index is 4.11. The van der Waals surface area contributed by atoms with Crippen LogP contribution in [0.25, 0.3) is 0 Å². The van der Waals surface area contributed by atoms with Crippen LogP contribution in [0.4, 0.5) is 0 Å². The van der Waals surface area contributed by atoms with Crippen molar-refractivity contribution in [3.8, 4) is 0 Å². The highest BCUT2D eigenvalue weighted by Gasteiger charge is 2.08. The Bertz CT molecular complexity index is 283. The van der Waals surface area contributed by atoms with E-state index >= 15 is 0 Å². The van der Waals surface area contributed by atoms with Crippen molar-refractivity contribution in [2.24, 2.45) is 13.0 Å². The fourth-order valence-corrected chi connectivity index (χ4v) is 1.51. The topological polar surface area (TPSA) is 55.6 Å². The summed E-state index contributed by atoms with van der Waals surface area (Å²) in [6.07, 6.45) is 2.42. The van der Waals surface area contributed by atoms with Gasteiger partial charge >= 0.3 is 0 Å². The average molecular weight is 211 g/mol. The molecule has 15 heavy (non-hydrogen) atoms. The number of hydrogen-bond acceptors (Lipinski definition) is 4. The maximum absolute atomic E-state index is 4.11. The first-order chi connectivity index (χ1) is 7.11. The molecule has 0 aliphatic carbocycles. The molecule has 2 unspecified atom stereocenters. The Labute approximate surface area is 91.2 Å². The number of tetrazole rings is 1. The molecule has 0 saturated carbocycles. The lowest BCUT2D eigenvalue weighted by molar-refractivity contribution is 0.408. The number of nitrogens with zero attached hydrogens (tertiary/aromatic N) is 4. The Balaban J connectivity index is 2.25. The van der Waals surface area contributed by atoms with E-state index in [9.17, 15) is 0 Å². The molecule has 1 rings (SSSR count). The number of aromatic nitrogens is 4. The molecule has 1 heterocycles. The quantitative estimate of drug-likeness (QED) is 0.766. The first-order valence-electron chi connectivity index (χ1n) is 5.58. The summed E-state index contributed by atoms with van der Waals surface area (Å²) in [7, 11) is 1.78. The minimum Gasteiger partial charge on any atom is -0.307 e. The van der Waals surface area contributed by atoms with Crippen LogP contribution in [0, 0.1) is 5.92 Å². The maximum Gasteiger partial charge on any atom is 0.188 e. The molecule has 0 radical (unpaired) electrons. The summed E-state index contributed by atoms with van der Waals surface area (Å²) in [6.45, 7) is 7.40. The second kappa shape index (κ2) is 5.80. The van der Waals surface area contributed by atoms with Crippen LogP contribution in [-0.2, 0) is 13.6 Å². The summed E-state index contributed by atoms with van der Waals surface area (Å²) in [5.41, 5.74) is 0. The van der Waals surface area contributed by atoms with Gasteiger partial charge in [0.05, 0.1) is 13.6 Å². The standard InChI is InChI=1S/C10H21N5/c1-5-8(2)6-9(3)11-7-10-12-14-15(4)13-10/h8-9,11H,5-7H2,1-4H3. The van der Waals surface area contributed by atoms with Crippen molar-refractivity contribution in [1.82, 2.24) is 25.5 Å². The van der Waals surface area contributed by atoms with Crippen LogP contribution >= 0.6 is 0 Å². The molecule has 86 valence electrons. The van der Waals surface area contributed by atoms with E-state index in [1.165, 1.54) is 17.6 Å².